The van der Waals surface area contributed by atoms with Gasteiger partial charge in [0.1, 0.15) is 0 Å². The predicted octanol–water partition coefficient (Wildman–Crippen LogP) is 2.21. The summed E-state index contributed by atoms with van der Waals surface area (Å²) in [5, 5.41) is 23.2. The second-order valence-corrected chi connectivity index (χ2v) is 6.42. The highest BCUT2D eigenvalue weighted by molar-refractivity contribution is 4.91. The Bertz CT molecular complexity index is 233. The van der Waals surface area contributed by atoms with Crippen LogP contribution in [0.2, 0.25) is 0 Å². The van der Waals surface area contributed by atoms with E-state index in [-0.39, 0.29) is 18.2 Å². The Balaban J connectivity index is 1.71. The second-order valence-electron chi connectivity index (χ2n) is 6.42. The van der Waals surface area contributed by atoms with Gasteiger partial charge in [0, 0.05) is 12.1 Å². The third kappa shape index (κ3) is 3.94. The van der Waals surface area contributed by atoms with Crippen molar-refractivity contribution in [2.24, 2.45) is 5.92 Å². The molecule has 0 saturated heterocycles. The fourth-order valence-electron chi connectivity index (χ4n) is 3.67. The van der Waals surface area contributed by atoms with Gasteiger partial charge < -0.3 is 15.5 Å². The van der Waals surface area contributed by atoms with Gasteiger partial charge in [-0.25, -0.2) is 0 Å². The first kappa shape index (κ1) is 14.3. The molecule has 0 aliphatic heterocycles. The van der Waals surface area contributed by atoms with Crippen molar-refractivity contribution >= 4 is 0 Å². The van der Waals surface area contributed by atoms with Crippen LogP contribution in [0, 0.1) is 5.92 Å². The maximum absolute atomic E-state index is 10.1. The summed E-state index contributed by atoms with van der Waals surface area (Å²) >= 11 is 0. The van der Waals surface area contributed by atoms with E-state index in [1.54, 1.807) is 0 Å². The van der Waals surface area contributed by atoms with E-state index in [0.29, 0.717) is 6.54 Å². The van der Waals surface area contributed by atoms with Crippen LogP contribution in [0.25, 0.3) is 0 Å². The molecular formula is C15H29NO2. The zero-order valence-corrected chi connectivity index (χ0v) is 11.5. The maximum atomic E-state index is 10.1. The first-order valence-corrected chi connectivity index (χ1v) is 7.78. The smallest absolute Gasteiger partial charge is 0.0667 e. The fraction of sp³-hybridized carbons (Fsp3) is 1.00. The van der Waals surface area contributed by atoms with E-state index in [1.165, 1.54) is 44.9 Å². The van der Waals surface area contributed by atoms with Crippen LogP contribution < -0.4 is 5.32 Å². The second kappa shape index (κ2) is 6.88. The molecule has 0 radical (unpaired) electrons. The topological polar surface area (TPSA) is 52.5 Å². The lowest BCUT2D eigenvalue weighted by molar-refractivity contribution is 0.0850. The SMILES string of the molecule is OCC1(NCC(O)CC2CCCC2)CCCCC1. The molecule has 3 N–H and O–H groups in total. The lowest BCUT2D eigenvalue weighted by Crippen LogP contribution is -2.52. The lowest BCUT2D eigenvalue weighted by atomic mass is 9.82. The highest BCUT2D eigenvalue weighted by atomic mass is 16.3. The summed E-state index contributed by atoms with van der Waals surface area (Å²) < 4.78 is 0. The Morgan fingerprint density at radius 2 is 1.72 bits per heavy atom. The molecular weight excluding hydrogens is 226 g/mol. The Kier molecular flexibility index (Phi) is 5.46. The van der Waals surface area contributed by atoms with Gasteiger partial charge in [-0.1, -0.05) is 44.9 Å². The van der Waals surface area contributed by atoms with Crippen LogP contribution in [0.5, 0.6) is 0 Å². The molecule has 3 heteroatoms. The summed E-state index contributed by atoms with van der Waals surface area (Å²) in [5.74, 6) is 0.734. The van der Waals surface area contributed by atoms with Crippen molar-refractivity contribution < 1.29 is 10.2 Å². The van der Waals surface area contributed by atoms with Crippen LogP contribution in [0.4, 0.5) is 0 Å². The molecule has 18 heavy (non-hydrogen) atoms. The predicted molar refractivity (Wildman–Crippen MR) is 73.5 cm³/mol. The van der Waals surface area contributed by atoms with Gasteiger partial charge in [0.2, 0.25) is 0 Å². The molecule has 2 fully saturated rings. The van der Waals surface area contributed by atoms with Crippen molar-refractivity contribution in [3.8, 4) is 0 Å². The van der Waals surface area contributed by atoms with E-state index in [0.717, 1.165) is 25.2 Å². The van der Waals surface area contributed by atoms with Gasteiger partial charge in [-0.15, -0.1) is 0 Å². The minimum absolute atomic E-state index is 0.102. The average Bonchev–Trinajstić information content (AvgIpc) is 2.90. The number of hydrogen-bond donors (Lipinski definition) is 3. The summed E-state index contributed by atoms with van der Waals surface area (Å²) in [4.78, 5) is 0. The molecule has 106 valence electrons. The lowest BCUT2D eigenvalue weighted by Gasteiger charge is -2.37. The Hall–Kier alpha value is -0.120. The minimum Gasteiger partial charge on any atom is -0.394 e. The highest BCUT2D eigenvalue weighted by Gasteiger charge is 2.31. The standard InChI is InChI=1S/C15H29NO2/c17-12-15(8-4-1-5-9-15)16-11-14(18)10-13-6-2-3-7-13/h13-14,16-18H,1-12H2. The van der Waals surface area contributed by atoms with Gasteiger partial charge in [0.05, 0.1) is 12.7 Å². The molecule has 0 aromatic carbocycles. The average molecular weight is 255 g/mol. The molecule has 1 atom stereocenters. The number of aliphatic hydroxyl groups excluding tert-OH is 2. The molecule has 2 rings (SSSR count). The Morgan fingerprint density at radius 1 is 1.06 bits per heavy atom. The molecule has 2 aliphatic carbocycles. The van der Waals surface area contributed by atoms with Crippen LogP contribution in [0.15, 0.2) is 0 Å². The Labute approximate surface area is 111 Å². The summed E-state index contributed by atoms with van der Waals surface area (Å²) in [6.45, 7) is 0.861. The van der Waals surface area contributed by atoms with Crippen molar-refractivity contribution in [1.82, 2.24) is 5.32 Å². The molecule has 0 spiro atoms. The van der Waals surface area contributed by atoms with Crippen molar-refractivity contribution in [2.75, 3.05) is 13.2 Å². The highest BCUT2D eigenvalue weighted by Crippen LogP contribution is 2.30. The summed E-state index contributed by atoms with van der Waals surface area (Å²) in [6.07, 6.45) is 11.8. The number of β-amino-alcohol motifs (C(OH)–C–C–N with tert-alkyl or cyclic N) is 1. The summed E-state index contributed by atoms with van der Waals surface area (Å²) in [5.41, 5.74) is -0.102. The van der Waals surface area contributed by atoms with Crippen LogP contribution >= 0.6 is 0 Å². The molecule has 0 amide bonds. The minimum atomic E-state index is -0.238. The van der Waals surface area contributed by atoms with E-state index < -0.39 is 0 Å². The molecule has 2 saturated carbocycles. The molecule has 0 aromatic rings. The summed E-state index contributed by atoms with van der Waals surface area (Å²) in [7, 11) is 0. The zero-order chi connectivity index (χ0) is 12.8. The van der Waals surface area contributed by atoms with E-state index in [4.69, 9.17) is 0 Å². The number of nitrogens with one attached hydrogen (secondary N) is 1. The van der Waals surface area contributed by atoms with Crippen molar-refractivity contribution in [2.45, 2.75) is 75.9 Å². The van der Waals surface area contributed by atoms with Crippen LogP contribution in [-0.4, -0.2) is 35.0 Å². The third-order valence-electron chi connectivity index (χ3n) is 4.91. The zero-order valence-electron chi connectivity index (χ0n) is 11.5. The van der Waals surface area contributed by atoms with Crippen molar-refractivity contribution in [3.05, 3.63) is 0 Å². The van der Waals surface area contributed by atoms with E-state index >= 15 is 0 Å². The van der Waals surface area contributed by atoms with E-state index in [1.807, 2.05) is 0 Å². The molecule has 0 aromatic heterocycles. The number of rotatable bonds is 6. The molecule has 0 heterocycles. The van der Waals surface area contributed by atoms with Gasteiger partial charge in [0.25, 0.3) is 0 Å². The van der Waals surface area contributed by atoms with Crippen molar-refractivity contribution in [1.29, 1.82) is 0 Å². The normalized spacial score (nSPS) is 26.3. The van der Waals surface area contributed by atoms with Gasteiger partial charge in [0.15, 0.2) is 0 Å². The number of hydrogen-bond acceptors (Lipinski definition) is 3. The van der Waals surface area contributed by atoms with Crippen LogP contribution in [-0.2, 0) is 0 Å². The fourth-order valence-corrected chi connectivity index (χ4v) is 3.67. The van der Waals surface area contributed by atoms with Crippen molar-refractivity contribution in [3.63, 3.8) is 0 Å². The molecule has 3 nitrogen and oxygen atoms in total. The Morgan fingerprint density at radius 3 is 2.33 bits per heavy atom. The monoisotopic (exact) mass is 255 g/mol. The van der Waals surface area contributed by atoms with Gasteiger partial charge in [-0.3, -0.25) is 0 Å². The number of aliphatic hydroxyl groups is 2. The van der Waals surface area contributed by atoms with E-state index in [9.17, 15) is 10.2 Å². The van der Waals surface area contributed by atoms with Crippen LogP contribution in [0.1, 0.15) is 64.2 Å². The van der Waals surface area contributed by atoms with Gasteiger partial charge in [-0.2, -0.15) is 0 Å². The first-order valence-electron chi connectivity index (χ1n) is 7.78. The quantitative estimate of drug-likeness (QED) is 0.682. The first-order chi connectivity index (χ1) is 8.74. The third-order valence-corrected chi connectivity index (χ3v) is 4.91. The molecule has 1 unspecified atom stereocenters. The van der Waals surface area contributed by atoms with Gasteiger partial charge in [-0.05, 0) is 25.2 Å². The molecule has 2 aliphatic rings. The van der Waals surface area contributed by atoms with E-state index in [2.05, 4.69) is 5.32 Å². The largest absolute Gasteiger partial charge is 0.394 e. The maximum Gasteiger partial charge on any atom is 0.0667 e. The van der Waals surface area contributed by atoms with Gasteiger partial charge >= 0.3 is 0 Å². The molecule has 0 bridgehead atoms. The van der Waals surface area contributed by atoms with Crippen LogP contribution in [0.3, 0.4) is 0 Å². The summed E-state index contributed by atoms with van der Waals surface area (Å²) in [6, 6.07) is 0.